The van der Waals surface area contributed by atoms with E-state index in [1.54, 1.807) is 11.0 Å². The van der Waals surface area contributed by atoms with E-state index in [1.807, 2.05) is 25.1 Å². The van der Waals surface area contributed by atoms with Crippen LogP contribution in [0.1, 0.15) is 21.6 Å². The van der Waals surface area contributed by atoms with Gasteiger partial charge in [-0.15, -0.1) is 0 Å². The summed E-state index contributed by atoms with van der Waals surface area (Å²) in [5, 5.41) is 18.1. The van der Waals surface area contributed by atoms with E-state index in [-0.39, 0.29) is 12.5 Å². The summed E-state index contributed by atoms with van der Waals surface area (Å²) in [6.07, 6.45) is -1.13. The molecule has 1 amide bonds. The lowest BCUT2D eigenvalue weighted by molar-refractivity contribution is 0.0450. The van der Waals surface area contributed by atoms with Crippen LogP contribution in [0.4, 0.5) is 5.69 Å². The van der Waals surface area contributed by atoms with Gasteiger partial charge in [-0.05, 0) is 41.8 Å². The highest BCUT2D eigenvalue weighted by Crippen LogP contribution is 2.39. The number of H-pyrrole nitrogens is 1. The molecule has 28 heavy (non-hydrogen) atoms. The Balaban J connectivity index is 1.56. The van der Waals surface area contributed by atoms with Gasteiger partial charge in [-0.25, -0.2) is 0 Å². The summed E-state index contributed by atoms with van der Waals surface area (Å²) in [4.78, 5) is 14.7. The second kappa shape index (κ2) is 5.78. The number of aryl methyl sites for hydroxylation is 1. The van der Waals surface area contributed by atoms with Crippen molar-refractivity contribution in [2.45, 2.75) is 25.3 Å². The SMILES string of the molecule is Cc1n[nH]c2ccc(-c3ccc(N)c4c3CN(CC3(C(N)O)CO3)C4=O)cc12. The lowest BCUT2D eigenvalue weighted by Crippen LogP contribution is -2.46. The minimum atomic E-state index is -1.13. The van der Waals surface area contributed by atoms with E-state index in [0.717, 1.165) is 33.3 Å². The Kier molecular flexibility index (Phi) is 3.54. The van der Waals surface area contributed by atoms with Gasteiger partial charge in [0.2, 0.25) is 0 Å². The molecule has 5 rings (SSSR count). The molecule has 1 aromatic heterocycles. The maximum absolute atomic E-state index is 13.0. The fourth-order valence-electron chi connectivity index (χ4n) is 3.99. The molecule has 144 valence electrons. The van der Waals surface area contributed by atoms with Gasteiger partial charge in [0.15, 0.2) is 0 Å². The third kappa shape index (κ3) is 2.42. The number of aliphatic hydroxyl groups is 1. The van der Waals surface area contributed by atoms with Crippen LogP contribution in [0.2, 0.25) is 0 Å². The number of nitrogens with two attached hydrogens (primary N) is 2. The number of anilines is 1. The van der Waals surface area contributed by atoms with Gasteiger partial charge >= 0.3 is 0 Å². The van der Waals surface area contributed by atoms with Crippen molar-refractivity contribution in [3.05, 3.63) is 47.2 Å². The molecule has 0 bridgehead atoms. The number of nitrogens with zero attached hydrogens (tertiary/aromatic N) is 2. The number of hydrogen-bond acceptors (Lipinski definition) is 6. The topological polar surface area (TPSA) is 134 Å². The second-order valence-corrected chi connectivity index (χ2v) is 7.58. The van der Waals surface area contributed by atoms with Crippen molar-refractivity contribution in [1.82, 2.24) is 15.1 Å². The quantitative estimate of drug-likeness (QED) is 0.305. The summed E-state index contributed by atoms with van der Waals surface area (Å²) in [7, 11) is 0. The highest BCUT2D eigenvalue weighted by molar-refractivity contribution is 6.05. The van der Waals surface area contributed by atoms with Gasteiger partial charge in [-0.1, -0.05) is 12.1 Å². The third-order valence-corrected chi connectivity index (χ3v) is 5.77. The Bertz CT molecular complexity index is 1120. The summed E-state index contributed by atoms with van der Waals surface area (Å²) in [5.74, 6) is -0.162. The number of fused-ring (bicyclic) bond motifs is 2. The zero-order valence-electron chi connectivity index (χ0n) is 15.4. The number of epoxide rings is 1. The molecule has 0 spiro atoms. The van der Waals surface area contributed by atoms with Gasteiger partial charge in [0.1, 0.15) is 11.8 Å². The number of amides is 1. The van der Waals surface area contributed by atoms with E-state index in [4.69, 9.17) is 16.2 Å². The third-order valence-electron chi connectivity index (χ3n) is 5.77. The van der Waals surface area contributed by atoms with Gasteiger partial charge < -0.3 is 26.2 Å². The molecule has 1 saturated heterocycles. The molecule has 0 saturated carbocycles. The van der Waals surface area contributed by atoms with E-state index in [0.29, 0.717) is 24.4 Å². The van der Waals surface area contributed by atoms with Gasteiger partial charge in [0.25, 0.3) is 5.91 Å². The predicted octanol–water partition coefficient (Wildman–Crippen LogP) is 1.12. The average molecular weight is 379 g/mol. The van der Waals surface area contributed by atoms with Crippen molar-refractivity contribution in [3.8, 4) is 11.1 Å². The lowest BCUT2D eigenvalue weighted by Gasteiger charge is -2.22. The van der Waals surface area contributed by atoms with Crippen LogP contribution in [0.15, 0.2) is 30.3 Å². The van der Waals surface area contributed by atoms with E-state index in [9.17, 15) is 9.90 Å². The molecule has 3 aromatic rings. The Labute approximate surface area is 161 Å². The van der Waals surface area contributed by atoms with Crippen molar-refractivity contribution in [2.75, 3.05) is 18.9 Å². The van der Waals surface area contributed by atoms with Crippen LogP contribution in [0, 0.1) is 6.92 Å². The lowest BCUT2D eigenvalue weighted by atomic mass is 9.95. The molecular weight excluding hydrogens is 358 g/mol. The highest BCUT2D eigenvalue weighted by atomic mass is 16.6. The normalized spacial score (nSPS) is 22.0. The second-order valence-electron chi connectivity index (χ2n) is 7.58. The van der Waals surface area contributed by atoms with E-state index in [1.165, 1.54) is 0 Å². The molecule has 2 atom stereocenters. The van der Waals surface area contributed by atoms with Gasteiger partial charge in [0.05, 0.1) is 29.9 Å². The standard InChI is InChI=1S/C20H21N5O3/c1-10-13-6-11(2-5-16(13)24-23-10)12-3-4-15(21)17-14(12)7-25(18(17)26)8-20(9-28-20)19(22)27/h2-6,19,27H,7-9,21-22H2,1H3,(H,23,24). The summed E-state index contributed by atoms with van der Waals surface area (Å²) in [5.41, 5.74) is 16.6. The van der Waals surface area contributed by atoms with Crippen LogP contribution in [0.3, 0.4) is 0 Å². The number of aliphatic hydroxyl groups excluding tert-OH is 1. The number of nitrogen functional groups attached to an aromatic ring is 1. The Hall–Kier alpha value is -2.94. The number of carbonyl (C=O) groups excluding carboxylic acids is 1. The molecule has 2 aliphatic heterocycles. The fraction of sp³-hybridized carbons (Fsp3) is 0.300. The largest absolute Gasteiger partial charge is 0.398 e. The van der Waals surface area contributed by atoms with Crippen LogP contribution in [0.25, 0.3) is 22.0 Å². The van der Waals surface area contributed by atoms with E-state index >= 15 is 0 Å². The van der Waals surface area contributed by atoms with Crippen molar-refractivity contribution in [2.24, 2.45) is 5.73 Å². The number of rotatable bonds is 4. The molecule has 8 heteroatoms. The highest BCUT2D eigenvalue weighted by Gasteiger charge is 2.53. The fourth-order valence-corrected chi connectivity index (χ4v) is 3.99. The number of aromatic amines is 1. The summed E-state index contributed by atoms with van der Waals surface area (Å²) in [6, 6.07) is 9.78. The zero-order valence-corrected chi connectivity index (χ0v) is 15.4. The molecule has 0 aliphatic carbocycles. The molecule has 2 unspecified atom stereocenters. The number of benzene rings is 2. The van der Waals surface area contributed by atoms with E-state index < -0.39 is 11.8 Å². The van der Waals surface area contributed by atoms with Gasteiger partial charge in [-0.2, -0.15) is 5.10 Å². The predicted molar refractivity (Wildman–Crippen MR) is 104 cm³/mol. The summed E-state index contributed by atoms with van der Waals surface area (Å²) < 4.78 is 5.35. The van der Waals surface area contributed by atoms with Crippen molar-refractivity contribution >= 4 is 22.5 Å². The molecule has 2 aromatic carbocycles. The first-order chi connectivity index (χ1) is 13.4. The monoisotopic (exact) mass is 379 g/mol. The molecule has 3 heterocycles. The van der Waals surface area contributed by atoms with Crippen LogP contribution < -0.4 is 11.5 Å². The molecule has 0 radical (unpaired) electrons. The minimum Gasteiger partial charge on any atom is -0.398 e. The van der Waals surface area contributed by atoms with Gasteiger partial charge in [0, 0.05) is 17.6 Å². The first-order valence-electron chi connectivity index (χ1n) is 9.13. The molecule has 2 aliphatic rings. The average Bonchev–Trinajstić information content (AvgIpc) is 3.27. The van der Waals surface area contributed by atoms with Crippen LogP contribution in [-0.4, -0.2) is 51.1 Å². The number of carbonyl (C=O) groups is 1. The van der Waals surface area contributed by atoms with Crippen LogP contribution in [-0.2, 0) is 11.3 Å². The molecular formula is C20H21N5O3. The molecule has 6 N–H and O–H groups in total. The number of ether oxygens (including phenoxy) is 1. The maximum atomic E-state index is 13.0. The Morgan fingerprint density at radius 1 is 1.39 bits per heavy atom. The van der Waals surface area contributed by atoms with E-state index in [2.05, 4.69) is 16.3 Å². The number of nitrogens with one attached hydrogen (secondary N) is 1. The number of aromatic nitrogens is 2. The first-order valence-corrected chi connectivity index (χ1v) is 9.13. The van der Waals surface area contributed by atoms with Crippen LogP contribution >= 0.6 is 0 Å². The molecule has 1 fully saturated rings. The number of hydrogen-bond donors (Lipinski definition) is 4. The first kappa shape index (κ1) is 17.2. The van der Waals surface area contributed by atoms with Crippen LogP contribution in [0.5, 0.6) is 0 Å². The molecule has 8 nitrogen and oxygen atoms in total. The van der Waals surface area contributed by atoms with Crippen molar-refractivity contribution < 1.29 is 14.6 Å². The maximum Gasteiger partial charge on any atom is 0.256 e. The summed E-state index contributed by atoms with van der Waals surface area (Å²) >= 11 is 0. The van der Waals surface area contributed by atoms with Gasteiger partial charge in [-0.3, -0.25) is 9.89 Å². The Morgan fingerprint density at radius 2 is 2.18 bits per heavy atom. The minimum absolute atomic E-state index is 0.162. The Morgan fingerprint density at radius 3 is 2.89 bits per heavy atom. The summed E-state index contributed by atoms with van der Waals surface area (Å²) in [6.45, 7) is 2.92. The van der Waals surface area contributed by atoms with Crippen molar-refractivity contribution in [3.63, 3.8) is 0 Å². The smallest absolute Gasteiger partial charge is 0.256 e. The zero-order chi connectivity index (χ0) is 19.6. The van der Waals surface area contributed by atoms with Crippen molar-refractivity contribution in [1.29, 1.82) is 0 Å².